The van der Waals surface area contributed by atoms with E-state index in [-0.39, 0.29) is 6.04 Å². The lowest BCUT2D eigenvalue weighted by Gasteiger charge is -2.23. The number of rotatable bonds is 4. The first-order chi connectivity index (χ1) is 14.6. The van der Waals surface area contributed by atoms with E-state index in [4.69, 9.17) is 16.3 Å². The molecule has 0 saturated heterocycles. The lowest BCUT2D eigenvalue weighted by molar-refractivity contribution is 0.401. The van der Waals surface area contributed by atoms with Gasteiger partial charge in [0.25, 0.3) is 0 Å². The zero-order valence-electron chi connectivity index (χ0n) is 17.7. The Hall–Kier alpha value is -2.96. The van der Waals surface area contributed by atoms with E-state index in [1.165, 1.54) is 16.7 Å². The molecule has 6 N–H and O–H groups in total. The van der Waals surface area contributed by atoms with Crippen molar-refractivity contribution in [2.45, 2.75) is 25.8 Å². The molecule has 0 radical (unpaired) electrons. The number of methoxy groups -OCH3 is 1. The summed E-state index contributed by atoms with van der Waals surface area (Å²) in [6, 6.07) is 14.8. The van der Waals surface area contributed by atoms with Crippen molar-refractivity contribution in [2.24, 2.45) is 11.6 Å². The van der Waals surface area contributed by atoms with Gasteiger partial charge in [-0.25, -0.2) is 5.84 Å². The first-order valence-electron chi connectivity index (χ1n) is 10.5. The van der Waals surface area contributed by atoms with Crippen molar-refractivity contribution in [1.82, 2.24) is 10.3 Å². The standard InChI is InChI=1S/C24H31N5O/c1-16(25)24-21-7-6-18(17-8-11-27-12-9-17)14-22(21)23(10-13-29(24)26)28-19-4-3-5-20(15-19)30-2/h3-8,14-15,23,27-28H,9-13,25-26H2,1-2H3/b24-16-. The molecule has 2 aliphatic rings. The van der Waals surface area contributed by atoms with E-state index < -0.39 is 0 Å². The van der Waals surface area contributed by atoms with Crippen LogP contribution in [0.1, 0.15) is 42.5 Å². The Labute approximate surface area is 178 Å². The van der Waals surface area contributed by atoms with Crippen molar-refractivity contribution in [3.8, 4) is 5.75 Å². The summed E-state index contributed by atoms with van der Waals surface area (Å²) in [6.07, 6.45) is 4.18. The Kier molecular flexibility index (Phi) is 5.97. The molecule has 6 nitrogen and oxygen atoms in total. The van der Waals surface area contributed by atoms with Crippen LogP contribution in [0.15, 0.2) is 54.2 Å². The quantitative estimate of drug-likeness (QED) is 0.583. The van der Waals surface area contributed by atoms with Gasteiger partial charge in [0, 0.05) is 36.1 Å². The highest BCUT2D eigenvalue weighted by Gasteiger charge is 2.26. The fourth-order valence-corrected chi connectivity index (χ4v) is 4.34. The second kappa shape index (κ2) is 8.81. The van der Waals surface area contributed by atoms with E-state index in [2.05, 4.69) is 41.0 Å². The first kappa shape index (κ1) is 20.3. The topological polar surface area (TPSA) is 88.6 Å². The molecule has 2 aromatic rings. The number of hydrogen-bond acceptors (Lipinski definition) is 6. The van der Waals surface area contributed by atoms with Crippen LogP contribution in [-0.4, -0.2) is 31.8 Å². The lowest BCUT2D eigenvalue weighted by atomic mass is 9.91. The largest absolute Gasteiger partial charge is 0.497 e. The van der Waals surface area contributed by atoms with Crippen LogP contribution in [0, 0.1) is 0 Å². The monoisotopic (exact) mass is 405 g/mol. The molecular weight excluding hydrogens is 374 g/mol. The van der Waals surface area contributed by atoms with Gasteiger partial charge in [0.2, 0.25) is 0 Å². The number of ether oxygens (including phenoxy) is 1. The third-order valence-corrected chi connectivity index (χ3v) is 5.85. The van der Waals surface area contributed by atoms with Crippen LogP contribution >= 0.6 is 0 Å². The van der Waals surface area contributed by atoms with Gasteiger partial charge in [-0.2, -0.15) is 0 Å². The van der Waals surface area contributed by atoms with E-state index in [0.29, 0.717) is 6.54 Å². The molecule has 0 bridgehead atoms. The minimum Gasteiger partial charge on any atom is -0.497 e. The lowest BCUT2D eigenvalue weighted by Crippen LogP contribution is -2.31. The van der Waals surface area contributed by atoms with Crippen LogP contribution < -0.4 is 26.9 Å². The minimum absolute atomic E-state index is 0.109. The zero-order chi connectivity index (χ0) is 21.1. The third kappa shape index (κ3) is 4.15. The summed E-state index contributed by atoms with van der Waals surface area (Å²) < 4.78 is 5.40. The number of anilines is 1. The van der Waals surface area contributed by atoms with Gasteiger partial charge in [-0.15, -0.1) is 0 Å². The van der Waals surface area contributed by atoms with Crippen molar-refractivity contribution >= 4 is 17.0 Å². The number of nitrogens with two attached hydrogens (primary N) is 2. The highest BCUT2D eigenvalue weighted by molar-refractivity contribution is 5.75. The van der Waals surface area contributed by atoms with Crippen molar-refractivity contribution in [1.29, 1.82) is 0 Å². The number of allylic oxidation sites excluding steroid dienone is 1. The van der Waals surface area contributed by atoms with Gasteiger partial charge >= 0.3 is 0 Å². The van der Waals surface area contributed by atoms with Crippen LogP contribution in [-0.2, 0) is 0 Å². The molecule has 0 fully saturated rings. The molecule has 0 spiro atoms. The number of benzene rings is 2. The molecular formula is C24H31N5O. The summed E-state index contributed by atoms with van der Waals surface area (Å²) in [5, 5.41) is 8.88. The average Bonchev–Trinajstić information content (AvgIpc) is 2.90. The first-order valence-corrected chi connectivity index (χ1v) is 10.5. The van der Waals surface area contributed by atoms with E-state index >= 15 is 0 Å². The number of hydrazine groups is 1. The minimum atomic E-state index is 0.109. The van der Waals surface area contributed by atoms with Crippen LogP contribution in [0.4, 0.5) is 5.69 Å². The van der Waals surface area contributed by atoms with Crippen molar-refractivity contribution < 1.29 is 4.74 Å². The van der Waals surface area contributed by atoms with Crippen LogP contribution in [0.5, 0.6) is 5.75 Å². The van der Waals surface area contributed by atoms with Crippen LogP contribution in [0.25, 0.3) is 11.3 Å². The highest BCUT2D eigenvalue weighted by Crippen LogP contribution is 2.37. The van der Waals surface area contributed by atoms with Gasteiger partial charge in [0.1, 0.15) is 5.75 Å². The van der Waals surface area contributed by atoms with Crippen molar-refractivity contribution in [3.05, 3.63) is 70.9 Å². The van der Waals surface area contributed by atoms with Gasteiger partial charge in [0.15, 0.2) is 0 Å². The number of nitrogens with zero attached hydrogens (tertiary/aromatic N) is 1. The Morgan fingerprint density at radius 2 is 2.10 bits per heavy atom. The van der Waals surface area contributed by atoms with Gasteiger partial charge in [0.05, 0.1) is 18.8 Å². The molecule has 158 valence electrons. The highest BCUT2D eigenvalue weighted by atomic mass is 16.5. The molecule has 0 aromatic heterocycles. The van der Waals surface area contributed by atoms with Crippen LogP contribution in [0.3, 0.4) is 0 Å². The fourth-order valence-electron chi connectivity index (χ4n) is 4.34. The van der Waals surface area contributed by atoms with E-state index in [1.807, 2.05) is 25.1 Å². The summed E-state index contributed by atoms with van der Waals surface area (Å²) in [5.41, 5.74) is 13.9. The van der Waals surface area contributed by atoms with Crippen molar-refractivity contribution in [3.63, 3.8) is 0 Å². The van der Waals surface area contributed by atoms with E-state index in [0.717, 1.165) is 54.3 Å². The fraction of sp³-hybridized carbons (Fsp3) is 0.333. The Morgan fingerprint density at radius 1 is 1.23 bits per heavy atom. The van der Waals surface area contributed by atoms with Gasteiger partial charge in [-0.05, 0) is 61.2 Å². The van der Waals surface area contributed by atoms with Crippen molar-refractivity contribution in [2.75, 3.05) is 32.1 Å². The summed E-state index contributed by atoms with van der Waals surface area (Å²) in [6.45, 7) is 4.56. The summed E-state index contributed by atoms with van der Waals surface area (Å²) >= 11 is 0. The SMILES string of the molecule is COc1cccc(NC2CCN(N)/C(=C(/C)N)c3ccc(C4=CCNCC4)cc32)c1. The molecule has 2 heterocycles. The van der Waals surface area contributed by atoms with Gasteiger partial charge in [-0.3, -0.25) is 0 Å². The summed E-state index contributed by atoms with van der Waals surface area (Å²) in [5.74, 6) is 7.24. The number of nitrogens with one attached hydrogen (secondary N) is 2. The maximum Gasteiger partial charge on any atom is 0.120 e. The number of fused-ring (bicyclic) bond motifs is 1. The predicted molar refractivity (Wildman–Crippen MR) is 124 cm³/mol. The normalized spacial score (nSPS) is 20.7. The molecule has 30 heavy (non-hydrogen) atoms. The molecule has 1 atom stereocenters. The second-order valence-corrected chi connectivity index (χ2v) is 7.93. The second-order valence-electron chi connectivity index (χ2n) is 7.93. The molecule has 0 aliphatic carbocycles. The molecule has 0 amide bonds. The molecule has 0 saturated carbocycles. The maximum atomic E-state index is 6.40. The predicted octanol–water partition coefficient (Wildman–Crippen LogP) is 3.45. The van der Waals surface area contributed by atoms with E-state index in [9.17, 15) is 0 Å². The average molecular weight is 406 g/mol. The Balaban J connectivity index is 1.78. The molecule has 1 unspecified atom stereocenters. The molecule has 6 heteroatoms. The molecule has 2 aromatic carbocycles. The Bertz CT molecular complexity index is 977. The smallest absolute Gasteiger partial charge is 0.120 e. The van der Waals surface area contributed by atoms with E-state index in [1.54, 1.807) is 12.1 Å². The molecule has 2 aliphatic heterocycles. The Morgan fingerprint density at radius 3 is 2.83 bits per heavy atom. The zero-order valence-corrected chi connectivity index (χ0v) is 17.7. The number of hydrogen-bond donors (Lipinski definition) is 4. The third-order valence-electron chi connectivity index (χ3n) is 5.85. The summed E-state index contributed by atoms with van der Waals surface area (Å²) in [4.78, 5) is 0. The van der Waals surface area contributed by atoms with Gasteiger partial charge < -0.3 is 26.1 Å². The maximum absolute atomic E-state index is 6.40. The summed E-state index contributed by atoms with van der Waals surface area (Å²) in [7, 11) is 1.69. The molecule has 4 rings (SSSR count). The van der Waals surface area contributed by atoms with Crippen LogP contribution in [0.2, 0.25) is 0 Å². The van der Waals surface area contributed by atoms with Gasteiger partial charge in [-0.1, -0.05) is 24.3 Å².